The van der Waals surface area contributed by atoms with Gasteiger partial charge in [0.25, 0.3) is 0 Å². The van der Waals surface area contributed by atoms with E-state index in [0.717, 1.165) is 0 Å². The van der Waals surface area contributed by atoms with Gasteiger partial charge in [0, 0.05) is 22.8 Å². The molecule has 110 valence electrons. The summed E-state index contributed by atoms with van der Waals surface area (Å²) in [7, 11) is 0. The Labute approximate surface area is 131 Å². The topological polar surface area (TPSA) is 59.3 Å². The zero-order chi connectivity index (χ0) is 15.6. The number of carbonyl (C=O) groups excluding carboxylic acids is 1. The molecule has 0 saturated heterocycles. The number of rotatable bonds is 5. The number of carbonyl (C=O) groups is 2. The number of halogens is 2. The summed E-state index contributed by atoms with van der Waals surface area (Å²) in [6.07, 6.45) is -0.227. The van der Waals surface area contributed by atoms with E-state index in [9.17, 15) is 9.59 Å². The van der Waals surface area contributed by atoms with Crippen LogP contribution in [0, 0.1) is 0 Å². The number of ketones is 1. The molecule has 0 aliphatic carbocycles. The lowest BCUT2D eigenvalue weighted by Gasteiger charge is -2.09. The van der Waals surface area contributed by atoms with Gasteiger partial charge in [-0.25, -0.2) is 0 Å². The van der Waals surface area contributed by atoms with Gasteiger partial charge in [-0.3, -0.25) is 9.59 Å². The van der Waals surface area contributed by atoms with Crippen LogP contribution in [0.25, 0.3) is 0 Å². The van der Waals surface area contributed by atoms with Gasteiger partial charge in [0.2, 0.25) is 5.78 Å². The van der Waals surface area contributed by atoms with Gasteiger partial charge < -0.3 is 9.67 Å². The molecule has 21 heavy (non-hydrogen) atoms. The SMILES string of the molecule is CCn1c(C(=O)c2cccc(Cl)c2)cc(Cl)c1CC(=O)O. The Morgan fingerprint density at radius 2 is 1.95 bits per heavy atom. The fourth-order valence-corrected chi connectivity index (χ4v) is 2.67. The van der Waals surface area contributed by atoms with E-state index in [1.165, 1.54) is 6.07 Å². The summed E-state index contributed by atoms with van der Waals surface area (Å²) in [5, 5.41) is 9.69. The summed E-state index contributed by atoms with van der Waals surface area (Å²) in [6, 6.07) is 8.11. The summed E-state index contributed by atoms with van der Waals surface area (Å²) < 4.78 is 1.62. The van der Waals surface area contributed by atoms with Crippen molar-refractivity contribution in [2.75, 3.05) is 0 Å². The third-order valence-electron chi connectivity index (χ3n) is 3.11. The second kappa shape index (κ2) is 6.33. The van der Waals surface area contributed by atoms with E-state index in [1.807, 2.05) is 6.92 Å². The van der Waals surface area contributed by atoms with Crippen molar-refractivity contribution in [1.82, 2.24) is 4.57 Å². The van der Waals surface area contributed by atoms with E-state index < -0.39 is 5.97 Å². The number of aliphatic carboxylic acids is 1. The molecule has 4 nitrogen and oxygen atoms in total. The molecule has 0 fully saturated rings. The fraction of sp³-hybridized carbons (Fsp3) is 0.200. The number of carboxylic acid groups (broad SMARTS) is 1. The monoisotopic (exact) mass is 325 g/mol. The van der Waals surface area contributed by atoms with Gasteiger partial charge >= 0.3 is 5.97 Å². The number of aromatic nitrogens is 1. The molecule has 0 radical (unpaired) electrons. The van der Waals surface area contributed by atoms with Gasteiger partial charge in [0.05, 0.1) is 17.1 Å². The normalized spacial score (nSPS) is 10.6. The van der Waals surface area contributed by atoms with Crippen LogP contribution in [0.4, 0.5) is 0 Å². The van der Waals surface area contributed by atoms with Crippen molar-refractivity contribution >= 4 is 35.0 Å². The van der Waals surface area contributed by atoms with Crippen LogP contribution in [0.3, 0.4) is 0 Å². The molecule has 0 spiro atoms. The maximum absolute atomic E-state index is 12.5. The number of benzene rings is 1. The molecule has 0 bridgehead atoms. The van der Waals surface area contributed by atoms with E-state index in [0.29, 0.717) is 28.5 Å². The third-order valence-corrected chi connectivity index (χ3v) is 3.67. The van der Waals surface area contributed by atoms with E-state index in [-0.39, 0.29) is 17.2 Å². The molecule has 1 aromatic heterocycles. The lowest BCUT2D eigenvalue weighted by molar-refractivity contribution is -0.136. The smallest absolute Gasteiger partial charge is 0.309 e. The average molecular weight is 326 g/mol. The van der Waals surface area contributed by atoms with Crippen molar-refractivity contribution < 1.29 is 14.7 Å². The largest absolute Gasteiger partial charge is 0.481 e. The lowest BCUT2D eigenvalue weighted by atomic mass is 10.1. The van der Waals surface area contributed by atoms with Gasteiger partial charge in [-0.15, -0.1) is 0 Å². The molecule has 2 rings (SSSR count). The average Bonchev–Trinajstić information content (AvgIpc) is 2.74. The van der Waals surface area contributed by atoms with Crippen molar-refractivity contribution in [3.05, 3.63) is 57.3 Å². The van der Waals surface area contributed by atoms with Crippen molar-refractivity contribution in [1.29, 1.82) is 0 Å². The third kappa shape index (κ3) is 3.28. The van der Waals surface area contributed by atoms with Crippen LogP contribution in [0.2, 0.25) is 10.0 Å². The van der Waals surface area contributed by atoms with E-state index >= 15 is 0 Å². The number of hydrogen-bond acceptors (Lipinski definition) is 2. The Bertz CT molecular complexity index is 707. The quantitative estimate of drug-likeness (QED) is 0.853. The predicted octanol–water partition coefficient (Wildman–Crippen LogP) is 3.67. The summed E-state index contributed by atoms with van der Waals surface area (Å²) in [4.78, 5) is 23.5. The van der Waals surface area contributed by atoms with Crippen molar-refractivity contribution in [3.63, 3.8) is 0 Å². The van der Waals surface area contributed by atoms with Gasteiger partial charge in [-0.1, -0.05) is 35.3 Å². The van der Waals surface area contributed by atoms with Crippen LogP contribution in [-0.4, -0.2) is 21.4 Å². The maximum atomic E-state index is 12.5. The molecule has 6 heteroatoms. The lowest BCUT2D eigenvalue weighted by Crippen LogP contribution is -2.14. The highest BCUT2D eigenvalue weighted by atomic mass is 35.5. The Kier molecular flexibility index (Phi) is 4.70. The molecule has 0 aliphatic heterocycles. The predicted molar refractivity (Wildman–Crippen MR) is 81.3 cm³/mol. The van der Waals surface area contributed by atoms with Crippen LogP contribution in [-0.2, 0) is 17.8 Å². The number of carboxylic acids is 1. The first-order chi connectivity index (χ1) is 9.93. The molecular weight excluding hydrogens is 313 g/mol. The molecule has 0 atom stereocenters. The fourth-order valence-electron chi connectivity index (χ4n) is 2.21. The molecular formula is C15H13Cl2NO3. The minimum Gasteiger partial charge on any atom is -0.481 e. The molecule has 0 amide bonds. The summed E-state index contributed by atoms with van der Waals surface area (Å²) in [5.41, 5.74) is 1.23. The molecule has 2 aromatic rings. The second-order valence-electron chi connectivity index (χ2n) is 4.48. The summed E-state index contributed by atoms with van der Waals surface area (Å²) in [6.45, 7) is 2.29. The maximum Gasteiger partial charge on any atom is 0.309 e. The highest BCUT2D eigenvalue weighted by molar-refractivity contribution is 6.32. The number of hydrogen-bond donors (Lipinski definition) is 1. The molecule has 1 N–H and O–H groups in total. The molecule has 0 unspecified atom stereocenters. The van der Waals surface area contributed by atoms with Crippen LogP contribution < -0.4 is 0 Å². The van der Waals surface area contributed by atoms with Crippen LogP contribution in [0.15, 0.2) is 30.3 Å². The first-order valence-electron chi connectivity index (χ1n) is 6.34. The Morgan fingerprint density at radius 3 is 2.52 bits per heavy atom. The second-order valence-corrected chi connectivity index (χ2v) is 5.32. The Balaban J connectivity index is 2.49. The van der Waals surface area contributed by atoms with Crippen molar-refractivity contribution in [2.24, 2.45) is 0 Å². The minimum atomic E-state index is -0.994. The first-order valence-corrected chi connectivity index (χ1v) is 7.09. The Morgan fingerprint density at radius 1 is 1.24 bits per heavy atom. The van der Waals surface area contributed by atoms with E-state index in [2.05, 4.69) is 0 Å². The van der Waals surface area contributed by atoms with Crippen LogP contribution in [0.1, 0.15) is 28.7 Å². The first kappa shape index (κ1) is 15.6. The molecule has 0 saturated carbocycles. The zero-order valence-corrected chi connectivity index (χ0v) is 12.8. The van der Waals surface area contributed by atoms with Gasteiger partial charge in [0.15, 0.2) is 0 Å². The van der Waals surface area contributed by atoms with Crippen molar-refractivity contribution in [2.45, 2.75) is 19.9 Å². The highest BCUT2D eigenvalue weighted by Gasteiger charge is 2.21. The Hall–Kier alpha value is -1.78. The van der Waals surface area contributed by atoms with E-state index in [1.54, 1.807) is 28.8 Å². The van der Waals surface area contributed by atoms with Crippen LogP contribution in [0.5, 0.6) is 0 Å². The van der Waals surface area contributed by atoms with E-state index in [4.69, 9.17) is 28.3 Å². The number of nitrogens with zero attached hydrogens (tertiary/aromatic N) is 1. The highest BCUT2D eigenvalue weighted by Crippen LogP contribution is 2.25. The van der Waals surface area contributed by atoms with Gasteiger partial charge in [0.1, 0.15) is 0 Å². The van der Waals surface area contributed by atoms with Crippen molar-refractivity contribution in [3.8, 4) is 0 Å². The van der Waals surface area contributed by atoms with Gasteiger partial charge in [-0.2, -0.15) is 0 Å². The molecule has 0 aliphatic rings. The van der Waals surface area contributed by atoms with Crippen LogP contribution >= 0.6 is 23.2 Å². The zero-order valence-electron chi connectivity index (χ0n) is 11.3. The summed E-state index contributed by atoms with van der Waals surface area (Å²) in [5.74, 6) is -1.23. The molecule has 1 aromatic carbocycles. The summed E-state index contributed by atoms with van der Waals surface area (Å²) >= 11 is 12.0. The minimum absolute atomic E-state index is 0.227. The van der Waals surface area contributed by atoms with Gasteiger partial charge in [-0.05, 0) is 25.1 Å². The standard InChI is InChI=1S/C15H13Cl2NO3/c1-2-18-12(8-14(19)20)11(17)7-13(18)15(21)9-4-3-5-10(16)6-9/h3-7H,2,8H2,1H3,(H,19,20). The molecule has 1 heterocycles.